The third-order valence-electron chi connectivity index (χ3n) is 5.26. The fraction of sp³-hybridized carbons (Fsp3) is 0.938. The van der Waals surface area contributed by atoms with E-state index >= 15 is 0 Å². The first-order chi connectivity index (χ1) is 9.93. The van der Waals surface area contributed by atoms with Gasteiger partial charge in [0.25, 0.3) is 0 Å². The lowest BCUT2D eigenvalue weighted by molar-refractivity contribution is 0.147. The molecule has 0 aliphatic carbocycles. The summed E-state index contributed by atoms with van der Waals surface area (Å²) in [5.41, 5.74) is 0.311. The van der Waals surface area contributed by atoms with Crippen molar-refractivity contribution in [1.29, 1.82) is 0 Å². The zero-order valence-corrected chi connectivity index (χ0v) is 13.7. The van der Waals surface area contributed by atoms with Crippen LogP contribution in [0.3, 0.4) is 0 Å². The molecule has 0 aromatic carbocycles. The van der Waals surface area contributed by atoms with Crippen LogP contribution >= 0.6 is 0 Å². The van der Waals surface area contributed by atoms with E-state index in [1.165, 1.54) is 26.2 Å². The van der Waals surface area contributed by atoms with Crippen LogP contribution in [-0.2, 0) is 4.74 Å². The Labute approximate surface area is 128 Å². The highest BCUT2D eigenvalue weighted by Gasteiger charge is 2.42. The second kappa shape index (κ2) is 5.76. The number of likely N-dealkylation sites (tertiary alicyclic amines) is 2. The monoisotopic (exact) mass is 295 g/mol. The van der Waals surface area contributed by atoms with E-state index < -0.39 is 0 Å². The number of amides is 1. The van der Waals surface area contributed by atoms with Gasteiger partial charge in [0.2, 0.25) is 0 Å². The van der Waals surface area contributed by atoms with Crippen molar-refractivity contribution in [2.75, 3.05) is 52.4 Å². The number of hydrogen-bond donors (Lipinski definition) is 0. The molecule has 21 heavy (non-hydrogen) atoms. The molecule has 0 saturated carbocycles. The molecule has 3 aliphatic rings. The Balaban J connectivity index is 1.38. The van der Waals surface area contributed by atoms with Gasteiger partial charge in [-0.3, -0.25) is 4.90 Å². The van der Waals surface area contributed by atoms with Crippen molar-refractivity contribution < 1.29 is 9.53 Å². The lowest BCUT2D eigenvalue weighted by atomic mass is 10.0. The molecule has 3 fully saturated rings. The molecule has 1 amide bonds. The van der Waals surface area contributed by atoms with Crippen molar-refractivity contribution >= 4 is 6.09 Å². The first-order valence-corrected chi connectivity index (χ1v) is 8.32. The molecule has 5 heteroatoms. The summed E-state index contributed by atoms with van der Waals surface area (Å²) in [4.78, 5) is 18.4. The van der Waals surface area contributed by atoms with E-state index in [1.54, 1.807) is 0 Å². The lowest BCUT2D eigenvalue weighted by Crippen LogP contribution is -2.41. The average molecular weight is 295 g/mol. The topological polar surface area (TPSA) is 36.0 Å². The molecule has 0 radical (unpaired) electrons. The lowest BCUT2D eigenvalue weighted by Gasteiger charge is -2.33. The number of carbonyl (C=O) groups excluding carboxylic acids is 1. The number of hydrogen-bond acceptors (Lipinski definition) is 4. The largest absolute Gasteiger partial charge is 0.448 e. The molecule has 2 atom stereocenters. The molecular formula is C16H29N3O2. The molecule has 3 rings (SSSR count). The van der Waals surface area contributed by atoms with Crippen LogP contribution in [0.25, 0.3) is 0 Å². The van der Waals surface area contributed by atoms with Gasteiger partial charge in [-0.15, -0.1) is 0 Å². The first-order valence-electron chi connectivity index (χ1n) is 8.32. The van der Waals surface area contributed by atoms with Gasteiger partial charge in [0.15, 0.2) is 0 Å². The van der Waals surface area contributed by atoms with Crippen molar-refractivity contribution in [2.24, 2.45) is 11.8 Å². The Bertz CT molecular complexity index is 379. The van der Waals surface area contributed by atoms with Crippen molar-refractivity contribution in [1.82, 2.24) is 14.7 Å². The first kappa shape index (κ1) is 15.1. The van der Waals surface area contributed by atoms with Gasteiger partial charge in [-0.2, -0.15) is 0 Å². The highest BCUT2D eigenvalue weighted by Crippen LogP contribution is 2.34. The second-order valence-corrected chi connectivity index (χ2v) is 7.81. The van der Waals surface area contributed by atoms with Crippen LogP contribution in [0.15, 0.2) is 0 Å². The normalized spacial score (nSPS) is 31.0. The van der Waals surface area contributed by atoms with E-state index in [-0.39, 0.29) is 6.09 Å². The SMILES string of the molecule is CC(C)(C)N1C[C@H]2CN(CCCN3CCOC3=O)C[C@H]2C1. The number of cyclic esters (lactones) is 1. The Morgan fingerprint density at radius 1 is 1.10 bits per heavy atom. The third-order valence-corrected chi connectivity index (χ3v) is 5.26. The zero-order valence-electron chi connectivity index (χ0n) is 13.7. The van der Waals surface area contributed by atoms with Crippen LogP contribution in [0.2, 0.25) is 0 Å². The molecule has 0 unspecified atom stereocenters. The van der Waals surface area contributed by atoms with Crippen LogP contribution in [0.5, 0.6) is 0 Å². The van der Waals surface area contributed by atoms with Gasteiger partial charge in [-0.25, -0.2) is 4.79 Å². The van der Waals surface area contributed by atoms with Crippen LogP contribution < -0.4 is 0 Å². The van der Waals surface area contributed by atoms with Crippen LogP contribution in [0.4, 0.5) is 4.79 Å². The molecular weight excluding hydrogens is 266 g/mol. The van der Waals surface area contributed by atoms with E-state index in [0.29, 0.717) is 12.1 Å². The zero-order chi connectivity index (χ0) is 15.0. The van der Waals surface area contributed by atoms with Gasteiger partial charge in [0.1, 0.15) is 6.61 Å². The minimum Gasteiger partial charge on any atom is -0.448 e. The smallest absolute Gasteiger partial charge is 0.409 e. The summed E-state index contributed by atoms with van der Waals surface area (Å²) in [6, 6.07) is 0. The van der Waals surface area contributed by atoms with Crippen molar-refractivity contribution in [3.8, 4) is 0 Å². The standard InChI is InChI=1S/C16H29N3O2/c1-16(2,3)19-11-13-9-17(10-14(13)12-19)5-4-6-18-7-8-21-15(18)20/h13-14H,4-12H2,1-3H3/t13-,14+. The Kier molecular flexibility index (Phi) is 4.14. The summed E-state index contributed by atoms with van der Waals surface area (Å²) < 4.78 is 4.96. The number of carbonyl (C=O) groups is 1. The quantitative estimate of drug-likeness (QED) is 0.787. The molecule has 3 aliphatic heterocycles. The van der Waals surface area contributed by atoms with Gasteiger partial charge in [0, 0.05) is 38.3 Å². The van der Waals surface area contributed by atoms with E-state index in [2.05, 4.69) is 30.6 Å². The van der Waals surface area contributed by atoms with Crippen molar-refractivity contribution in [3.63, 3.8) is 0 Å². The fourth-order valence-electron chi connectivity index (χ4n) is 3.93. The molecule has 3 saturated heterocycles. The molecule has 3 heterocycles. The molecule has 0 N–H and O–H groups in total. The van der Waals surface area contributed by atoms with E-state index in [4.69, 9.17) is 4.74 Å². The summed E-state index contributed by atoms with van der Waals surface area (Å²) >= 11 is 0. The Morgan fingerprint density at radius 2 is 1.76 bits per heavy atom. The predicted octanol–water partition coefficient (Wildman–Crippen LogP) is 1.49. The molecule has 0 spiro atoms. The molecule has 0 bridgehead atoms. The minimum absolute atomic E-state index is 0.130. The summed E-state index contributed by atoms with van der Waals surface area (Å²) in [5, 5.41) is 0. The second-order valence-electron chi connectivity index (χ2n) is 7.81. The molecule has 120 valence electrons. The average Bonchev–Trinajstić information content (AvgIpc) is 3.03. The summed E-state index contributed by atoms with van der Waals surface area (Å²) in [6.45, 7) is 15.2. The maximum Gasteiger partial charge on any atom is 0.409 e. The maximum atomic E-state index is 11.4. The summed E-state index contributed by atoms with van der Waals surface area (Å²) in [5.74, 6) is 1.70. The van der Waals surface area contributed by atoms with Gasteiger partial charge >= 0.3 is 6.09 Å². The fourth-order valence-corrected chi connectivity index (χ4v) is 3.93. The summed E-state index contributed by atoms with van der Waals surface area (Å²) in [7, 11) is 0. The van der Waals surface area contributed by atoms with Gasteiger partial charge < -0.3 is 14.5 Å². The van der Waals surface area contributed by atoms with Crippen LogP contribution in [0.1, 0.15) is 27.2 Å². The molecule has 5 nitrogen and oxygen atoms in total. The highest BCUT2D eigenvalue weighted by atomic mass is 16.6. The van der Waals surface area contributed by atoms with E-state index in [0.717, 1.165) is 37.9 Å². The number of ether oxygens (including phenoxy) is 1. The predicted molar refractivity (Wildman–Crippen MR) is 82.3 cm³/mol. The summed E-state index contributed by atoms with van der Waals surface area (Å²) in [6.07, 6.45) is 0.937. The molecule has 0 aromatic rings. The number of nitrogens with zero attached hydrogens (tertiary/aromatic N) is 3. The maximum absolute atomic E-state index is 11.4. The van der Waals surface area contributed by atoms with E-state index in [9.17, 15) is 4.79 Å². The van der Waals surface area contributed by atoms with Gasteiger partial charge in [-0.1, -0.05) is 0 Å². The van der Waals surface area contributed by atoms with Gasteiger partial charge in [0.05, 0.1) is 6.54 Å². The van der Waals surface area contributed by atoms with Crippen molar-refractivity contribution in [3.05, 3.63) is 0 Å². The number of fused-ring (bicyclic) bond motifs is 1. The van der Waals surface area contributed by atoms with E-state index in [1.807, 2.05) is 4.90 Å². The minimum atomic E-state index is -0.130. The molecule has 0 aromatic heterocycles. The van der Waals surface area contributed by atoms with Crippen LogP contribution in [0, 0.1) is 11.8 Å². The van der Waals surface area contributed by atoms with Crippen molar-refractivity contribution in [2.45, 2.75) is 32.7 Å². The highest BCUT2D eigenvalue weighted by molar-refractivity contribution is 5.69. The van der Waals surface area contributed by atoms with Gasteiger partial charge in [-0.05, 0) is 45.6 Å². The Morgan fingerprint density at radius 3 is 2.29 bits per heavy atom. The van der Waals surface area contributed by atoms with Crippen LogP contribution in [-0.4, -0.2) is 78.8 Å². The third kappa shape index (κ3) is 3.34. The Hall–Kier alpha value is -0.810. The number of rotatable bonds is 4.